The number of benzene rings is 2. The first-order chi connectivity index (χ1) is 17.6. The van der Waals surface area contributed by atoms with E-state index in [2.05, 4.69) is 12.2 Å². The minimum atomic E-state index is -1.55. The number of nitrogens with one attached hydrogen (secondary N) is 1. The summed E-state index contributed by atoms with van der Waals surface area (Å²) in [7, 11) is 0. The van der Waals surface area contributed by atoms with Crippen LogP contribution in [0, 0.1) is 6.92 Å². The number of aliphatic hydroxyl groups is 1. The van der Waals surface area contributed by atoms with Gasteiger partial charge in [-0.05, 0) is 51.3 Å². The van der Waals surface area contributed by atoms with Crippen LogP contribution in [0.4, 0.5) is 0 Å². The van der Waals surface area contributed by atoms with Crippen molar-refractivity contribution in [3.05, 3.63) is 65.2 Å². The Hall–Kier alpha value is -2.84. The molecule has 3 unspecified atom stereocenters. The molecule has 2 aromatic rings. The number of thioether (sulfide) groups is 1. The van der Waals surface area contributed by atoms with Crippen molar-refractivity contribution >= 4 is 29.4 Å². The molecule has 3 rings (SSSR count). The Labute approximate surface area is 223 Å². The summed E-state index contributed by atoms with van der Waals surface area (Å²) in [6.07, 6.45) is 1.77. The van der Waals surface area contributed by atoms with E-state index in [4.69, 9.17) is 0 Å². The SMILES string of the molecule is CCCCCC(=O)C1N(C(=O)C(O)C(Cc2ccccc2)NC(=O)c2cccc(O)c2C)CSC1(C)C. The number of phenols is 1. The van der Waals surface area contributed by atoms with Gasteiger partial charge in [0, 0.05) is 22.3 Å². The zero-order chi connectivity index (χ0) is 27.2. The molecule has 0 spiro atoms. The quantitative estimate of drug-likeness (QED) is 0.378. The first-order valence-corrected chi connectivity index (χ1v) is 13.8. The number of ketones is 1. The molecule has 37 heavy (non-hydrogen) atoms. The van der Waals surface area contributed by atoms with Crippen LogP contribution in [0.25, 0.3) is 0 Å². The van der Waals surface area contributed by atoms with Crippen molar-refractivity contribution in [3.63, 3.8) is 0 Å². The highest BCUT2D eigenvalue weighted by Gasteiger charge is 2.49. The van der Waals surface area contributed by atoms with Crippen LogP contribution in [0.5, 0.6) is 5.75 Å². The molecule has 7 nitrogen and oxygen atoms in total. The van der Waals surface area contributed by atoms with Crippen molar-refractivity contribution in [2.75, 3.05) is 5.88 Å². The van der Waals surface area contributed by atoms with Gasteiger partial charge in [-0.15, -0.1) is 11.8 Å². The van der Waals surface area contributed by atoms with Crippen LogP contribution in [0.1, 0.15) is 67.9 Å². The Morgan fingerprint density at radius 3 is 2.49 bits per heavy atom. The minimum absolute atomic E-state index is 0.00281. The lowest BCUT2D eigenvalue weighted by atomic mass is 9.92. The van der Waals surface area contributed by atoms with Crippen LogP contribution in [-0.4, -0.2) is 61.5 Å². The number of phenolic OH excluding ortho intramolecular Hbond substituents is 1. The molecule has 1 fully saturated rings. The van der Waals surface area contributed by atoms with Gasteiger partial charge in [0.05, 0.1) is 11.9 Å². The molecule has 1 saturated heterocycles. The number of amides is 2. The molecule has 0 saturated carbocycles. The Morgan fingerprint density at radius 1 is 1.11 bits per heavy atom. The second kappa shape index (κ2) is 12.6. The number of unbranched alkanes of at least 4 members (excludes halogenated alkanes) is 2. The third kappa shape index (κ3) is 6.93. The number of carbonyl (C=O) groups is 3. The predicted molar refractivity (Wildman–Crippen MR) is 147 cm³/mol. The van der Waals surface area contributed by atoms with Gasteiger partial charge in [0.25, 0.3) is 11.8 Å². The molecule has 0 aliphatic carbocycles. The zero-order valence-electron chi connectivity index (χ0n) is 22.1. The van der Waals surface area contributed by atoms with Crippen LogP contribution in [0.3, 0.4) is 0 Å². The fourth-order valence-electron chi connectivity index (χ4n) is 4.77. The number of rotatable bonds is 11. The Bertz CT molecular complexity index is 1100. The van der Waals surface area contributed by atoms with Gasteiger partial charge in [-0.1, -0.05) is 56.2 Å². The first-order valence-electron chi connectivity index (χ1n) is 12.9. The smallest absolute Gasteiger partial charge is 0.254 e. The number of aliphatic hydroxyl groups excluding tert-OH is 1. The second-order valence-corrected chi connectivity index (χ2v) is 11.8. The summed E-state index contributed by atoms with van der Waals surface area (Å²) in [6, 6.07) is 12.4. The van der Waals surface area contributed by atoms with E-state index in [1.807, 2.05) is 44.2 Å². The summed E-state index contributed by atoms with van der Waals surface area (Å²) in [5, 5.41) is 24.2. The van der Waals surface area contributed by atoms with E-state index in [-0.39, 0.29) is 23.5 Å². The number of hydrogen-bond acceptors (Lipinski definition) is 6. The van der Waals surface area contributed by atoms with Crippen molar-refractivity contribution in [1.82, 2.24) is 10.2 Å². The van der Waals surface area contributed by atoms with Gasteiger partial charge >= 0.3 is 0 Å². The average molecular weight is 527 g/mol. The van der Waals surface area contributed by atoms with Crippen molar-refractivity contribution in [2.24, 2.45) is 0 Å². The average Bonchev–Trinajstić information content (AvgIpc) is 3.19. The summed E-state index contributed by atoms with van der Waals surface area (Å²) in [6.45, 7) is 7.61. The van der Waals surface area contributed by atoms with Crippen LogP contribution < -0.4 is 5.32 Å². The fraction of sp³-hybridized carbons (Fsp3) is 0.483. The van der Waals surface area contributed by atoms with Crippen LogP contribution >= 0.6 is 11.8 Å². The fourth-order valence-corrected chi connectivity index (χ4v) is 5.93. The second-order valence-electron chi connectivity index (χ2n) is 10.2. The molecule has 1 aliphatic rings. The third-order valence-corrected chi connectivity index (χ3v) is 8.33. The number of aromatic hydroxyl groups is 1. The summed E-state index contributed by atoms with van der Waals surface area (Å²) < 4.78 is -0.477. The molecule has 3 N–H and O–H groups in total. The molecule has 2 aromatic carbocycles. The van der Waals surface area contributed by atoms with E-state index in [1.165, 1.54) is 22.7 Å². The summed E-state index contributed by atoms with van der Waals surface area (Å²) >= 11 is 1.52. The van der Waals surface area contributed by atoms with E-state index < -0.39 is 34.7 Å². The monoisotopic (exact) mass is 526 g/mol. The standard InChI is InChI=1S/C29H38N2O5S/c1-5-6-8-15-24(33)26-29(3,4)37-18-31(26)28(36)25(34)22(17-20-12-9-7-10-13-20)30-27(35)21-14-11-16-23(32)19(21)2/h7,9-14,16,22,25-26,32,34H,5-6,8,15,17-18H2,1-4H3,(H,30,35). The van der Waals surface area contributed by atoms with Gasteiger partial charge in [0.1, 0.15) is 11.8 Å². The number of Topliss-reactive ketones (excluding diaryl/α,β-unsaturated/α-hetero) is 1. The minimum Gasteiger partial charge on any atom is -0.508 e. The van der Waals surface area contributed by atoms with Crippen molar-refractivity contribution in [1.29, 1.82) is 0 Å². The first kappa shape index (κ1) is 28.7. The van der Waals surface area contributed by atoms with Crippen molar-refractivity contribution < 1.29 is 24.6 Å². The van der Waals surface area contributed by atoms with E-state index in [0.717, 1.165) is 24.8 Å². The maximum Gasteiger partial charge on any atom is 0.254 e. The lowest BCUT2D eigenvalue weighted by Gasteiger charge is -2.33. The lowest BCUT2D eigenvalue weighted by Crippen LogP contribution is -2.57. The molecule has 0 bridgehead atoms. The normalized spacial score (nSPS) is 18.3. The molecule has 200 valence electrons. The number of hydrogen-bond donors (Lipinski definition) is 3. The van der Waals surface area contributed by atoms with Crippen molar-refractivity contribution in [2.45, 2.75) is 82.7 Å². The Balaban J connectivity index is 1.86. The molecule has 1 heterocycles. The number of nitrogens with zero attached hydrogens (tertiary/aromatic N) is 1. The summed E-state index contributed by atoms with van der Waals surface area (Å²) in [5.74, 6) is -0.775. The highest BCUT2D eigenvalue weighted by molar-refractivity contribution is 8.00. The van der Waals surface area contributed by atoms with Crippen LogP contribution in [-0.2, 0) is 16.0 Å². The third-order valence-electron chi connectivity index (χ3n) is 6.96. The van der Waals surface area contributed by atoms with Crippen LogP contribution in [0.2, 0.25) is 0 Å². The van der Waals surface area contributed by atoms with Gasteiger partial charge in [-0.3, -0.25) is 14.4 Å². The predicted octanol–water partition coefficient (Wildman–Crippen LogP) is 4.23. The maximum atomic E-state index is 13.7. The molecule has 2 amide bonds. The van der Waals surface area contributed by atoms with Gasteiger partial charge < -0.3 is 20.4 Å². The van der Waals surface area contributed by atoms with E-state index >= 15 is 0 Å². The molecule has 0 radical (unpaired) electrons. The molecular formula is C29H38N2O5S. The van der Waals surface area contributed by atoms with Crippen molar-refractivity contribution in [3.8, 4) is 5.75 Å². The summed E-state index contributed by atoms with van der Waals surface area (Å²) in [5.41, 5.74) is 1.52. The van der Waals surface area contributed by atoms with E-state index in [9.17, 15) is 24.6 Å². The van der Waals surface area contributed by atoms with E-state index in [0.29, 0.717) is 17.9 Å². The molecule has 1 aliphatic heterocycles. The molecule has 3 atom stereocenters. The van der Waals surface area contributed by atoms with Gasteiger partial charge in [0.2, 0.25) is 0 Å². The van der Waals surface area contributed by atoms with Gasteiger partial charge in [-0.25, -0.2) is 0 Å². The lowest BCUT2D eigenvalue weighted by molar-refractivity contribution is -0.146. The summed E-state index contributed by atoms with van der Waals surface area (Å²) in [4.78, 5) is 41.5. The maximum absolute atomic E-state index is 13.7. The Kier molecular flexibility index (Phi) is 9.79. The van der Waals surface area contributed by atoms with Crippen LogP contribution in [0.15, 0.2) is 48.5 Å². The topological polar surface area (TPSA) is 107 Å². The molecular weight excluding hydrogens is 488 g/mol. The Morgan fingerprint density at radius 2 is 1.81 bits per heavy atom. The highest BCUT2D eigenvalue weighted by atomic mass is 32.2. The van der Waals surface area contributed by atoms with Gasteiger partial charge in [-0.2, -0.15) is 0 Å². The highest BCUT2D eigenvalue weighted by Crippen LogP contribution is 2.40. The van der Waals surface area contributed by atoms with E-state index in [1.54, 1.807) is 19.1 Å². The van der Waals surface area contributed by atoms with Gasteiger partial charge in [0.15, 0.2) is 11.9 Å². The largest absolute Gasteiger partial charge is 0.508 e. The molecule has 8 heteroatoms. The molecule has 0 aromatic heterocycles. The number of carbonyl (C=O) groups excluding carboxylic acids is 3. The zero-order valence-corrected chi connectivity index (χ0v) is 22.9.